The number of benzene rings is 2. The third-order valence-electron chi connectivity index (χ3n) is 3.92. The summed E-state index contributed by atoms with van der Waals surface area (Å²) in [5, 5.41) is 0. The van der Waals surface area contributed by atoms with Gasteiger partial charge in [0.2, 0.25) is 0 Å². The van der Waals surface area contributed by atoms with Crippen LogP contribution in [0.25, 0.3) is 28.0 Å². The molecular formula is C20H14N2O. The number of hydrogen-bond acceptors (Lipinski definition) is 2. The lowest BCUT2D eigenvalue weighted by atomic mass is 10.1. The third-order valence-corrected chi connectivity index (χ3v) is 3.92. The summed E-state index contributed by atoms with van der Waals surface area (Å²) in [5.41, 5.74) is 5.76. The van der Waals surface area contributed by atoms with Crippen molar-refractivity contribution in [3.05, 3.63) is 84.7 Å². The molecule has 0 aliphatic rings. The van der Waals surface area contributed by atoms with Gasteiger partial charge in [-0.1, -0.05) is 48.5 Å². The number of carbonyl (C=O) groups excluding carboxylic acids is 1. The first kappa shape index (κ1) is 13.5. The molecule has 0 aliphatic heterocycles. The molecule has 0 amide bonds. The Morgan fingerprint density at radius 2 is 1.70 bits per heavy atom. The van der Waals surface area contributed by atoms with Gasteiger partial charge in [-0.3, -0.25) is 9.78 Å². The van der Waals surface area contributed by atoms with Gasteiger partial charge in [-0.25, -0.2) is 0 Å². The normalized spacial score (nSPS) is 10.8. The first-order chi connectivity index (χ1) is 11.3. The van der Waals surface area contributed by atoms with Crippen LogP contribution in [-0.2, 0) is 0 Å². The monoisotopic (exact) mass is 298 g/mol. The summed E-state index contributed by atoms with van der Waals surface area (Å²) in [5.74, 6) is 0. The van der Waals surface area contributed by atoms with Crippen LogP contribution in [0.15, 0.2) is 79.1 Å². The first-order valence-corrected chi connectivity index (χ1v) is 7.43. The maximum Gasteiger partial charge on any atom is 0.150 e. The van der Waals surface area contributed by atoms with Gasteiger partial charge >= 0.3 is 0 Å². The Balaban J connectivity index is 1.89. The Hall–Kier alpha value is -3.20. The number of fused-ring (bicyclic) bond motifs is 1. The van der Waals surface area contributed by atoms with Crippen molar-refractivity contribution in [2.45, 2.75) is 0 Å². The Labute approximate surface area is 133 Å². The topological polar surface area (TPSA) is 34.4 Å². The van der Waals surface area contributed by atoms with Gasteiger partial charge < -0.3 is 4.40 Å². The van der Waals surface area contributed by atoms with E-state index in [1.54, 1.807) is 0 Å². The molecule has 0 saturated heterocycles. The van der Waals surface area contributed by atoms with Gasteiger partial charge in [0.05, 0.1) is 23.1 Å². The van der Waals surface area contributed by atoms with Crippen LogP contribution in [0.5, 0.6) is 0 Å². The van der Waals surface area contributed by atoms with Crippen LogP contribution in [-0.4, -0.2) is 15.7 Å². The molecule has 2 aromatic carbocycles. The summed E-state index contributed by atoms with van der Waals surface area (Å²) in [6.45, 7) is 0. The van der Waals surface area contributed by atoms with Crippen LogP contribution < -0.4 is 0 Å². The molecule has 0 fully saturated rings. The minimum Gasteiger partial charge on any atom is -0.313 e. The molecule has 3 heteroatoms. The van der Waals surface area contributed by atoms with E-state index in [9.17, 15) is 4.79 Å². The maximum absolute atomic E-state index is 11.0. The van der Waals surface area contributed by atoms with E-state index in [4.69, 9.17) is 0 Å². The van der Waals surface area contributed by atoms with Gasteiger partial charge in [0.1, 0.15) is 6.29 Å². The number of carbonyl (C=O) groups is 1. The predicted molar refractivity (Wildman–Crippen MR) is 91.5 cm³/mol. The molecule has 0 aliphatic carbocycles. The molecule has 0 unspecified atom stereocenters. The number of nitrogens with zero attached hydrogens (tertiary/aromatic N) is 2. The molecule has 2 aromatic heterocycles. The second kappa shape index (κ2) is 5.54. The largest absolute Gasteiger partial charge is 0.313 e. The molecule has 4 aromatic rings. The molecule has 2 heterocycles. The average Bonchev–Trinajstić information content (AvgIpc) is 3.05. The van der Waals surface area contributed by atoms with Crippen LogP contribution >= 0.6 is 0 Å². The fraction of sp³-hybridized carbons (Fsp3) is 0. The fourth-order valence-corrected chi connectivity index (χ4v) is 2.77. The zero-order valence-corrected chi connectivity index (χ0v) is 12.4. The Morgan fingerprint density at radius 3 is 2.52 bits per heavy atom. The van der Waals surface area contributed by atoms with Crippen molar-refractivity contribution >= 4 is 11.8 Å². The second-order valence-corrected chi connectivity index (χ2v) is 5.40. The molecule has 0 atom stereocenters. The van der Waals surface area contributed by atoms with Crippen LogP contribution in [0.4, 0.5) is 0 Å². The van der Waals surface area contributed by atoms with Crippen molar-refractivity contribution in [1.82, 2.24) is 9.38 Å². The summed E-state index contributed by atoms with van der Waals surface area (Å²) >= 11 is 0. The molecule has 3 nitrogen and oxygen atoms in total. The molecule has 0 N–H and O–H groups in total. The minimum absolute atomic E-state index is 0.676. The van der Waals surface area contributed by atoms with E-state index in [-0.39, 0.29) is 0 Å². The van der Waals surface area contributed by atoms with Crippen LogP contribution in [0, 0.1) is 0 Å². The van der Waals surface area contributed by atoms with Crippen molar-refractivity contribution in [3.8, 4) is 22.5 Å². The number of rotatable bonds is 3. The quantitative estimate of drug-likeness (QED) is 0.523. The third kappa shape index (κ3) is 2.42. The van der Waals surface area contributed by atoms with Gasteiger partial charge in [0.25, 0.3) is 0 Å². The van der Waals surface area contributed by atoms with E-state index in [2.05, 4.69) is 15.5 Å². The number of aromatic nitrogens is 2. The van der Waals surface area contributed by atoms with Crippen molar-refractivity contribution in [2.75, 3.05) is 0 Å². The van der Waals surface area contributed by atoms with Gasteiger partial charge in [0, 0.05) is 17.3 Å². The van der Waals surface area contributed by atoms with E-state index >= 15 is 0 Å². The van der Waals surface area contributed by atoms with Gasteiger partial charge in [0.15, 0.2) is 0 Å². The molecular weight excluding hydrogens is 284 g/mol. The highest BCUT2D eigenvalue weighted by molar-refractivity contribution is 5.79. The number of aldehydes is 1. The minimum atomic E-state index is 0.676. The van der Waals surface area contributed by atoms with Crippen LogP contribution in [0.3, 0.4) is 0 Å². The number of hydrogen-bond donors (Lipinski definition) is 0. The van der Waals surface area contributed by atoms with E-state index in [0.29, 0.717) is 5.56 Å². The zero-order chi connectivity index (χ0) is 15.6. The Morgan fingerprint density at radius 1 is 0.870 bits per heavy atom. The molecule has 0 spiro atoms. The zero-order valence-electron chi connectivity index (χ0n) is 12.4. The molecule has 23 heavy (non-hydrogen) atoms. The standard InChI is InChI=1S/C20H14N2O/c23-14-15-5-4-8-17(11-15)20-10-9-18-12-21-19(13-22(18)20)16-6-2-1-3-7-16/h1-14H. The lowest BCUT2D eigenvalue weighted by molar-refractivity contribution is 0.112. The Kier molecular flexibility index (Phi) is 3.24. The van der Waals surface area contributed by atoms with E-state index in [1.165, 1.54) is 0 Å². The van der Waals surface area contributed by atoms with Crippen molar-refractivity contribution < 1.29 is 4.79 Å². The Bertz CT molecular complexity index is 987. The molecule has 4 rings (SSSR count). The summed E-state index contributed by atoms with van der Waals surface area (Å²) in [4.78, 5) is 15.6. The maximum atomic E-state index is 11.0. The molecule has 110 valence electrons. The smallest absolute Gasteiger partial charge is 0.150 e. The lowest BCUT2D eigenvalue weighted by Crippen LogP contribution is -1.93. The van der Waals surface area contributed by atoms with Crippen LogP contribution in [0.2, 0.25) is 0 Å². The highest BCUT2D eigenvalue weighted by Crippen LogP contribution is 2.25. The summed E-state index contributed by atoms with van der Waals surface area (Å²) < 4.78 is 2.11. The highest BCUT2D eigenvalue weighted by Gasteiger charge is 2.07. The average molecular weight is 298 g/mol. The van der Waals surface area contributed by atoms with Crippen molar-refractivity contribution in [3.63, 3.8) is 0 Å². The van der Waals surface area contributed by atoms with Gasteiger partial charge in [-0.15, -0.1) is 0 Å². The highest BCUT2D eigenvalue weighted by atomic mass is 16.1. The van der Waals surface area contributed by atoms with Crippen LogP contribution in [0.1, 0.15) is 10.4 Å². The molecule has 0 radical (unpaired) electrons. The first-order valence-electron chi connectivity index (χ1n) is 7.43. The molecule has 0 bridgehead atoms. The second-order valence-electron chi connectivity index (χ2n) is 5.40. The summed E-state index contributed by atoms with van der Waals surface area (Å²) in [6.07, 6.45) is 4.78. The van der Waals surface area contributed by atoms with E-state index in [1.807, 2.05) is 73.1 Å². The summed E-state index contributed by atoms with van der Waals surface area (Å²) in [6, 6.07) is 21.8. The van der Waals surface area contributed by atoms with Crippen molar-refractivity contribution in [2.24, 2.45) is 0 Å². The van der Waals surface area contributed by atoms with E-state index in [0.717, 1.165) is 34.3 Å². The predicted octanol–water partition coefficient (Wildman–Crippen LogP) is 4.48. The SMILES string of the molecule is O=Cc1cccc(-c2ccc3cnc(-c4ccccc4)cn23)c1. The van der Waals surface area contributed by atoms with Crippen molar-refractivity contribution in [1.29, 1.82) is 0 Å². The van der Waals surface area contributed by atoms with E-state index < -0.39 is 0 Å². The lowest BCUT2D eigenvalue weighted by Gasteiger charge is -2.07. The fourth-order valence-electron chi connectivity index (χ4n) is 2.77. The summed E-state index contributed by atoms with van der Waals surface area (Å²) in [7, 11) is 0. The van der Waals surface area contributed by atoms with Gasteiger partial charge in [-0.05, 0) is 23.8 Å². The molecule has 0 saturated carbocycles. The van der Waals surface area contributed by atoms with Gasteiger partial charge in [-0.2, -0.15) is 0 Å².